The Kier molecular flexibility index (Phi) is 11.3. The minimum Gasteiger partial charge on any atom is -0.305 e. The van der Waals surface area contributed by atoms with Crippen LogP contribution in [0.3, 0.4) is 0 Å². The normalized spacial score (nSPS) is 13.7. The predicted octanol–water partition coefficient (Wildman–Crippen LogP) is 12.2. The van der Waals surface area contributed by atoms with Crippen LogP contribution in [0.2, 0.25) is 19.6 Å². The van der Waals surface area contributed by atoms with Crippen molar-refractivity contribution in [3.05, 3.63) is 114 Å². The Balaban J connectivity index is 0.000000268. The first-order chi connectivity index (χ1) is 22.3. The number of fused-ring (bicyclic) bond motifs is 3. The molecule has 0 saturated heterocycles. The van der Waals surface area contributed by atoms with Crippen molar-refractivity contribution in [3.8, 4) is 22.5 Å². The van der Waals surface area contributed by atoms with E-state index in [9.17, 15) is 0 Å². The molecule has 3 aromatic carbocycles. The van der Waals surface area contributed by atoms with Crippen LogP contribution in [0, 0.1) is 24.5 Å². The van der Waals surface area contributed by atoms with Crippen molar-refractivity contribution in [2.75, 3.05) is 0 Å². The van der Waals surface area contributed by atoms with Crippen LogP contribution >= 0.6 is 11.3 Å². The second-order valence-corrected chi connectivity index (χ2v) is 22.1. The molecule has 6 aromatic rings. The molecule has 2 nitrogen and oxygen atoms in total. The molecule has 6 rings (SSSR count). The van der Waals surface area contributed by atoms with Crippen LogP contribution in [0.4, 0.5) is 0 Å². The van der Waals surface area contributed by atoms with Crippen molar-refractivity contribution in [2.24, 2.45) is 5.41 Å². The largest absolute Gasteiger partial charge is 0.305 e. The minimum atomic E-state index is -1.23. The van der Waals surface area contributed by atoms with E-state index in [0.717, 1.165) is 34.5 Å². The van der Waals surface area contributed by atoms with E-state index in [1.807, 2.05) is 67.1 Å². The summed E-state index contributed by atoms with van der Waals surface area (Å²) in [5.74, 6) is -0.664. The van der Waals surface area contributed by atoms with Crippen LogP contribution in [0.5, 0.6) is 0 Å². The summed E-state index contributed by atoms with van der Waals surface area (Å²) in [7, 11) is -1.23. The molecule has 1 atom stereocenters. The molecule has 1 unspecified atom stereocenters. The predicted molar refractivity (Wildman–Crippen MR) is 209 cm³/mol. The first-order valence-electron chi connectivity index (χ1n) is 17.1. The van der Waals surface area contributed by atoms with Crippen molar-refractivity contribution in [1.29, 1.82) is 0 Å². The second-order valence-electron chi connectivity index (χ2n) is 16.0. The summed E-state index contributed by atoms with van der Waals surface area (Å²) in [4.78, 5) is 9.23. The molecule has 1 radical (unpaired) electrons. The zero-order valence-electron chi connectivity index (χ0n) is 31.4. The number of aryl methyl sites for hydroxylation is 1. The van der Waals surface area contributed by atoms with Gasteiger partial charge in [-0.2, -0.15) is 11.3 Å². The number of nitrogens with zero attached hydrogens (tertiary/aromatic N) is 2. The molecule has 5 heteroatoms. The fraction of sp³-hybridized carbons (Fsp3) is 0.349. The van der Waals surface area contributed by atoms with Gasteiger partial charge < -0.3 is 9.97 Å². The summed E-state index contributed by atoms with van der Waals surface area (Å²) >= 11 is 1.85. The number of benzene rings is 3. The van der Waals surface area contributed by atoms with Gasteiger partial charge in [0.2, 0.25) is 0 Å². The molecular weight excluding hydrogens is 797 g/mol. The van der Waals surface area contributed by atoms with E-state index in [4.69, 9.17) is 6.35 Å². The summed E-state index contributed by atoms with van der Waals surface area (Å²) < 4.78 is 11.6. The molecular formula is C43H50IrN2SSi-2. The third-order valence-electron chi connectivity index (χ3n) is 8.58. The van der Waals surface area contributed by atoms with Crippen LogP contribution in [-0.4, -0.2) is 18.0 Å². The molecule has 48 heavy (non-hydrogen) atoms. The Morgan fingerprint density at radius 2 is 1.56 bits per heavy atom. The Bertz CT molecular complexity index is 2030. The summed E-state index contributed by atoms with van der Waals surface area (Å²) in [5.41, 5.74) is 7.98. The van der Waals surface area contributed by atoms with Crippen LogP contribution in [0.1, 0.15) is 78.8 Å². The maximum absolute atomic E-state index is 9.01. The molecule has 0 aliphatic carbocycles. The molecule has 3 aromatic heterocycles. The SMILES string of the molecule is C[Si](C)(C)c1ccc(-c2[c-]cccc2)nc1.[2H]C(C)(CC(C)(C)C)c1ccnc(-c2[c-]ccc3c2sc2c(C)c(C(C)(C)C)ccc23)c1.[Ir]. The molecule has 0 N–H and O–H groups in total. The fourth-order valence-corrected chi connectivity index (χ4v) is 8.57. The standard InChI is InChI=1S/C29H34NS.C14H16NSi.Ir/c1-18(17-28(3,4)5)20-14-15-30-25(16-20)23-11-9-10-21-22-12-13-24(29(6,7)8)19(2)26(22)31-27(21)23;1-16(2,3)13-9-10-14(15-11-13)12-7-5-4-6-8-12;/h9-10,12-16,18H,17H2,1-8H3;4-7,9-11H,1-3H3;/q2*-1;/i18D;;. The number of rotatable bonds is 5. The van der Waals surface area contributed by atoms with Gasteiger partial charge in [0, 0.05) is 38.6 Å². The quantitative estimate of drug-likeness (QED) is 0.128. The van der Waals surface area contributed by atoms with Crippen LogP contribution in [0.15, 0.2) is 85.2 Å². The van der Waals surface area contributed by atoms with Gasteiger partial charge in [0.1, 0.15) is 0 Å². The number of hydrogen-bond acceptors (Lipinski definition) is 3. The minimum absolute atomic E-state index is 0. The average molecular weight is 848 g/mol. The molecule has 0 aliphatic heterocycles. The average Bonchev–Trinajstić information content (AvgIpc) is 3.40. The number of thiophene rings is 1. The maximum Gasteiger partial charge on any atom is 0.0795 e. The molecule has 0 bridgehead atoms. The van der Waals surface area contributed by atoms with Gasteiger partial charge in [-0.1, -0.05) is 109 Å². The van der Waals surface area contributed by atoms with E-state index in [-0.39, 0.29) is 30.9 Å². The Hall–Kier alpha value is -2.95. The number of aromatic nitrogens is 2. The Labute approximate surface area is 309 Å². The van der Waals surface area contributed by atoms with Gasteiger partial charge in [-0.3, -0.25) is 0 Å². The molecule has 0 spiro atoms. The van der Waals surface area contributed by atoms with E-state index in [1.165, 1.54) is 36.5 Å². The van der Waals surface area contributed by atoms with Crippen LogP contribution in [-0.2, 0) is 25.5 Å². The topological polar surface area (TPSA) is 25.8 Å². The summed E-state index contributed by atoms with van der Waals surface area (Å²) in [6, 6.07) is 31.7. The van der Waals surface area contributed by atoms with Gasteiger partial charge in [-0.05, 0) is 73.9 Å². The zero-order valence-corrected chi connectivity index (χ0v) is 34.6. The molecule has 253 valence electrons. The van der Waals surface area contributed by atoms with E-state index in [1.54, 1.807) is 0 Å². The smallest absolute Gasteiger partial charge is 0.0795 e. The van der Waals surface area contributed by atoms with Crippen molar-refractivity contribution in [1.82, 2.24) is 9.97 Å². The zero-order chi connectivity index (χ0) is 35.1. The van der Waals surface area contributed by atoms with Gasteiger partial charge in [-0.25, -0.2) is 0 Å². The number of hydrogen-bond donors (Lipinski definition) is 0. The monoisotopic (exact) mass is 848 g/mol. The van der Waals surface area contributed by atoms with Crippen molar-refractivity contribution >= 4 is 44.8 Å². The van der Waals surface area contributed by atoms with Crippen molar-refractivity contribution in [2.45, 2.75) is 92.8 Å². The Morgan fingerprint density at radius 1 is 0.833 bits per heavy atom. The van der Waals surface area contributed by atoms with Crippen molar-refractivity contribution in [3.63, 3.8) is 0 Å². The van der Waals surface area contributed by atoms with E-state index >= 15 is 0 Å². The molecule has 0 amide bonds. The molecule has 0 saturated carbocycles. The van der Waals surface area contributed by atoms with Gasteiger partial charge in [0.25, 0.3) is 0 Å². The summed E-state index contributed by atoms with van der Waals surface area (Å²) in [5, 5.41) is 3.96. The molecule has 0 aliphatic rings. The third-order valence-corrected chi connectivity index (χ3v) is 12.0. The Morgan fingerprint density at radius 3 is 2.17 bits per heavy atom. The van der Waals surface area contributed by atoms with Gasteiger partial charge in [0.15, 0.2) is 0 Å². The first kappa shape index (κ1) is 36.3. The van der Waals surface area contributed by atoms with Gasteiger partial charge >= 0.3 is 0 Å². The van der Waals surface area contributed by atoms with Crippen LogP contribution < -0.4 is 5.19 Å². The van der Waals surface area contributed by atoms with E-state index in [0.29, 0.717) is 0 Å². The maximum atomic E-state index is 9.01. The third kappa shape index (κ3) is 8.79. The fourth-order valence-electron chi connectivity index (χ4n) is 6.22. The summed E-state index contributed by atoms with van der Waals surface area (Å²) in [6.45, 7) is 24.7. The van der Waals surface area contributed by atoms with Gasteiger partial charge in [-0.15, -0.1) is 59.7 Å². The first-order valence-corrected chi connectivity index (χ1v) is 20.9. The van der Waals surface area contributed by atoms with Crippen molar-refractivity contribution < 1.29 is 21.5 Å². The van der Waals surface area contributed by atoms with Gasteiger partial charge in [0.05, 0.1) is 8.07 Å². The number of pyridine rings is 2. The molecule has 0 fully saturated rings. The van der Waals surface area contributed by atoms with Crippen LogP contribution in [0.25, 0.3) is 42.7 Å². The molecule has 3 heterocycles. The second kappa shape index (κ2) is 14.9. The van der Waals surface area contributed by atoms with E-state index < -0.39 is 14.0 Å². The van der Waals surface area contributed by atoms with E-state index in [2.05, 4.69) is 122 Å². The summed E-state index contributed by atoms with van der Waals surface area (Å²) in [6.07, 6.45) is 4.65.